The maximum Gasteiger partial charge on any atom is 0.307 e. The molecule has 0 N–H and O–H groups in total. The summed E-state index contributed by atoms with van der Waals surface area (Å²) in [6, 6.07) is 12.3. The van der Waals surface area contributed by atoms with Gasteiger partial charge in [-0.15, -0.1) is 0 Å². The highest BCUT2D eigenvalue weighted by molar-refractivity contribution is 6.34. The summed E-state index contributed by atoms with van der Waals surface area (Å²) in [4.78, 5) is 19.2. The highest BCUT2D eigenvalue weighted by Gasteiger charge is 2.24. The Morgan fingerprint density at radius 2 is 2.03 bits per heavy atom. The van der Waals surface area contributed by atoms with Crippen LogP contribution in [-0.2, 0) is 22.5 Å². The molecular weight excluding hydrogens is 490 g/mol. The van der Waals surface area contributed by atoms with Crippen LogP contribution < -0.4 is 0 Å². The Morgan fingerprint density at radius 1 is 1.22 bits per heavy atom. The molecule has 2 aromatic carbocycles. The summed E-state index contributed by atoms with van der Waals surface area (Å²) in [5.74, 6) is 0.846. The molecule has 0 atom stereocenters. The minimum atomic E-state index is -0.460. The van der Waals surface area contributed by atoms with E-state index in [9.17, 15) is 4.79 Å². The van der Waals surface area contributed by atoms with Gasteiger partial charge in [0.2, 0.25) is 5.82 Å². The summed E-state index contributed by atoms with van der Waals surface area (Å²) in [5.41, 5.74) is 4.73. The molecule has 1 aliphatic heterocycles. The molecule has 37 heavy (non-hydrogen) atoms. The van der Waals surface area contributed by atoms with E-state index in [1.807, 2.05) is 55.8 Å². The molecule has 1 aliphatic rings. The van der Waals surface area contributed by atoms with Crippen molar-refractivity contribution in [3.05, 3.63) is 52.7 Å². The van der Waals surface area contributed by atoms with E-state index in [2.05, 4.69) is 35.1 Å². The van der Waals surface area contributed by atoms with Crippen LogP contribution in [0.2, 0.25) is 5.15 Å². The first-order valence-electron chi connectivity index (χ1n) is 12.7. The van der Waals surface area contributed by atoms with E-state index < -0.39 is 5.60 Å². The highest BCUT2D eigenvalue weighted by atomic mass is 35.5. The molecule has 194 valence electrons. The second-order valence-electron chi connectivity index (χ2n) is 10.8. The second kappa shape index (κ2) is 9.91. The molecule has 8 nitrogen and oxygen atoms in total. The zero-order valence-electron chi connectivity index (χ0n) is 21.9. The van der Waals surface area contributed by atoms with Crippen molar-refractivity contribution in [2.24, 2.45) is 0 Å². The lowest BCUT2D eigenvalue weighted by atomic mass is 9.94. The topological polar surface area (TPSA) is 86.3 Å². The average molecular weight is 522 g/mol. The molecule has 2 aromatic heterocycles. The first-order valence-corrected chi connectivity index (χ1v) is 13.0. The normalized spacial score (nSPS) is 14.4. The molecule has 9 heteroatoms. The molecule has 0 unspecified atom stereocenters. The number of benzene rings is 2. The number of carbonyl (C=O) groups is 1. The van der Waals surface area contributed by atoms with Gasteiger partial charge < -0.3 is 9.26 Å². The van der Waals surface area contributed by atoms with Crippen LogP contribution in [0, 0.1) is 0 Å². The lowest BCUT2D eigenvalue weighted by molar-refractivity contribution is -0.155. The maximum absolute atomic E-state index is 12.1. The Balaban J connectivity index is 1.34. The number of halogens is 1. The van der Waals surface area contributed by atoms with Crippen molar-refractivity contribution in [1.82, 2.24) is 24.8 Å². The molecule has 0 radical (unpaired) electrons. The van der Waals surface area contributed by atoms with Crippen LogP contribution >= 0.6 is 11.6 Å². The zero-order valence-corrected chi connectivity index (χ0v) is 22.7. The molecular formula is C28H32ClN5O3. The summed E-state index contributed by atoms with van der Waals surface area (Å²) in [6.45, 7) is 12.1. The smallest absolute Gasteiger partial charge is 0.307 e. The lowest BCUT2D eigenvalue weighted by Crippen LogP contribution is -2.34. The van der Waals surface area contributed by atoms with Crippen molar-refractivity contribution in [3.63, 3.8) is 0 Å². The molecule has 5 rings (SSSR count). The molecule has 0 amide bonds. The molecule has 0 bridgehead atoms. The van der Waals surface area contributed by atoms with Crippen LogP contribution in [0.25, 0.3) is 33.7 Å². The number of esters is 1. The number of nitrogens with zero attached hydrogens (tertiary/aromatic N) is 5. The Kier molecular flexibility index (Phi) is 6.81. The summed E-state index contributed by atoms with van der Waals surface area (Å²) in [7, 11) is 0. The minimum absolute atomic E-state index is 0.164. The third kappa shape index (κ3) is 5.40. The summed E-state index contributed by atoms with van der Waals surface area (Å²) in [5, 5.41) is 10.1. The predicted octanol–water partition coefficient (Wildman–Crippen LogP) is 6.08. The molecule has 0 spiro atoms. The molecule has 3 heterocycles. The van der Waals surface area contributed by atoms with Gasteiger partial charge in [-0.25, -0.2) is 0 Å². The highest BCUT2D eigenvalue weighted by Crippen LogP contribution is 2.33. The number of carbonyl (C=O) groups excluding carboxylic acids is 1. The fourth-order valence-corrected chi connectivity index (χ4v) is 5.02. The molecule has 0 aliphatic carbocycles. The van der Waals surface area contributed by atoms with Gasteiger partial charge in [0.15, 0.2) is 5.15 Å². The monoisotopic (exact) mass is 521 g/mol. The van der Waals surface area contributed by atoms with Crippen molar-refractivity contribution in [1.29, 1.82) is 0 Å². The van der Waals surface area contributed by atoms with Crippen LogP contribution in [0.1, 0.15) is 58.2 Å². The van der Waals surface area contributed by atoms with Gasteiger partial charge in [-0.1, -0.05) is 35.0 Å². The Hall–Kier alpha value is -3.23. The summed E-state index contributed by atoms with van der Waals surface area (Å²) >= 11 is 6.41. The largest absolute Gasteiger partial charge is 0.460 e. The fourth-order valence-electron chi connectivity index (χ4n) is 4.79. The van der Waals surface area contributed by atoms with Crippen molar-refractivity contribution in [3.8, 4) is 22.8 Å². The number of rotatable bonds is 6. The molecule has 0 saturated heterocycles. The van der Waals surface area contributed by atoms with Gasteiger partial charge in [0.1, 0.15) is 5.60 Å². The lowest BCUT2D eigenvalue weighted by Gasteiger charge is -2.29. The fraction of sp³-hybridized carbons (Fsp3) is 0.429. The Bertz CT molecular complexity index is 1450. The maximum atomic E-state index is 12.1. The van der Waals surface area contributed by atoms with Crippen molar-refractivity contribution >= 4 is 28.5 Å². The van der Waals surface area contributed by atoms with Gasteiger partial charge in [-0.2, -0.15) is 10.1 Å². The van der Waals surface area contributed by atoms with Gasteiger partial charge >= 0.3 is 5.97 Å². The van der Waals surface area contributed by atoms with Gasteiger partial charge in [-0.05, 0) is 70.4 Å². The number of fused-ring (bicyclic) bond motifs is 2. The van der Waals surface area contributed by atoms with Gasteiger partial charge in [-0.3, -0.25) is 14.4 Å². The third-order valence-corrected chi connectivity index (χ3v) is 6.74. The first-order chi connectivity index (χ1) is 17.6. The molecule has 0 fully saturated rings. The SMILES string of the molecule is CC(C)n1nc(Cl)c2cc(-c3nc(-c4cccc5c4CCN(CCC(=O)OC(C)(C)C)C5)no3)ccc21. The molecule has 0 saturated carbocycles. The van der Waals surface area contributed by atoms with Crippen LogP contribution in [0.3, 0.4) is 0 Å². The first kappa shape index (κ1) is 25.4. The summed E-state index contributed by atoms with van der Waals surface area (Å²) < 4.78 is 13.0. The van der Waals surface area contributed by atoms with Crippen molar-refractivity contribution in [2.45, 2.75) is 65.6 Å². The summed E-state index contributed by atoms with van der Waals surface area (Å²) in [6.07, 6.45) is 1.23. The quantitative estimate of drug-likeness (QED) is 0.284. The van der Waals surface area contributed by atoms with Crippen LogP contribution in [0.15, 0.2) is 40.9 Å². The van der Waals surface area contributed by atoms with E-state index in [1.54, 1.807) is 0 Å². The van der Waals surface area contributed by atoms with Gasteiger partial charge in [0.05, 0.1) is 11.9 Å². The van der Waals surface area contributed by atoms with E-state index in [0.29, 0.717) is 29.8 Å². The van der Waals surface area contributed by atoms with Crippen LogP contribution in [0.4, 0.5) is 0 Å². The van der Waals surface area contributed by atoms with Crippen LogP contribution in [-0.4, -0.2) is 49.5 Å². The van der Waals surface area contributed by atoms with E-state index in [4.69, 9.17) is 25.8 Å². The van der Waals surface area contributed by atoms with Crippen LogP contribution in [0.5, 0.6) is 0 Å². The Morgan fingerprint density at radius 3 is 2.78 bits per heavy atom. The average Bonchev–Trinajstić information content (AvgIpc) is 3.46. The van der Waals surface area contributed by atoms with E-state index >= 15 is 0 Å². The van der Waals surface area contributed by atoms with Gasteiger partial charge in [0, 0.05) is 42.2 Å². The van der Waals surface area contributed by atoms with E-state index in [-0.39, 0.29) is 12.0 Å². The van der Waals surface area contributed by atoms with E-state index in [1.165, 1.54) is 11.1 Å². The van der Waals surface area contributed by atoms with E-state index in [0.717, 1.165) is 41.5 Å². The standard InChI is InChI=1S/C28H32ClN5O3/c1-17(2)34-23-10-9-18(15-22(23)25(29)31-34)27-30-26(32-37-27)21-8-6-7-19-16-33(13-11-20(19)21)14-12-24(35)36-28(3,4)5/h6-10,15,17H,11-14,16H2,1-5H3. The number of aromatic nitrogens is 4. The molecule has 4 aromatic rings. The van der Waals surface area contributed by atoms with Gasteiger partial charge in [0.25, 0.3) is 5.89 Å². The third-order valence-electron chi connectivity index (χ3n) is 6.46. The number of hydrogen-bond donors (Lipinski definition) is 0. The second-order valence-corrected chi connectivity index (χ2v) is 11.1. The minimum Gasteiger partial charge on any atom is -0.460 e. The Labute approximate surface area is 221 Å². The van der Waals surface area contributed by atoms with Crippen molar-refractivity contribution in [2.75, 3.05) is 13.1 Å². The zero-order chi connectivity index (χ0) is 26.3. The number of ether oxygens (including phenoxy) is 1. The van der Waals surface area contributed by atoms with Crippen molar-refractivity contribution < 1.29 is 14.1 Å². The number of hydrogen-bond acceptors (Lipinski definition) is 7. The predicted molar refractivity (Wildman–Crippen MR) is 143 cm³/mol.